The van der Waals surface area contributed by atoms with Gasteiger partial charge in [-0.05, 0) is 73.5 Å². The van der Waals surface area contributed by atoms with Gasteiger partial charge in [-0.15, -0.1) is 0 Å². The topological polar surface area (TPSA) is 0 Å². The Balaban J connectivity index is 1.73. The van der Waals surface area contributed by atoms with Crippen LogP contribution in [0, 0.1) is 11.8 Å². The Morgan fingerprint density at radius 2 is 2.20 bits per heavy atom. The zero-order valence-electron chi connectivity index (χ0n) is 12.9. The van der Waals surface area contributed by atoms with Gasteiger partial charge in [-0.25, -0.2) is 0 Å². The molecule has 0 radical (unpaired) electrons. The summed E-state index contributed by atoms with van der Waals surface area (Å²) in [5.41, 5.74) is 7.26. The van der Waals surface area contributed by atoms with E-state index in [1.54, 1.807) is 22.3 Å². The Kier molecular flexibility index (Phi) is 2.84. The first-order valence-electron chi connectivity index (χ1n) is 8.47. The highest BCUT2D eigenvalue weighted by Gasteiger charge is 2.49. The SMILES string of the molecule is CC(C)Cc1ccc2c(c1)CCCC21CC2=CCC1C2. The van der Waals surface area contributed by atoms with Crippen molar-refractivity contribution in [3.63, 3.8) is 0 Å². The van der Waals surface area contributed by atoms with Gasteiger partial charge in [0.1, 0.15) is 0 Å². The molecule has 4 rings (SSSR count). The molecular formula is C20H26. The van der Waals surface area contributed by atoms with Crippen LogP contribution in [0.25, 0.3) is 0 Å². The molecule has 0 amide bonds. The second-order valence-electron chi connectivity index (χ2n) is 7.78. The van der Waals surface area contributed by atoms with Crippen LogP contribution >= 0.6 is 0 Å². The lowest BCUT2D eigenvalue weighted by Gasteiger charge is -2.41. The van der Waals surface area contributed by atoms with E-state index in [1.807, 2.05) is 0 Å². The average molecular weight is 266 g/mol. The van der Waals surface area contributed by atoms with E-state index in [4.69, 9.17) is 0 Å². The van der Waals surface area contributed by atoms with Crippen LogP contribution in [0.1, 0.15) is 62.6 Å². The molecule has 0 aliphatic heterocycles. The van der Waals surface area contributed by atoms with Gasteiger partial charge >= 0.3 is 0 Å². The fourth-order valence-corrected chi connectivity index (χ4v) is 5.18. The summed E-state index contributed by atoms with van der Waals surface area (Å²) < 4.78 is 0. The minimum Gasteiger partial charge on any atom is -0.0850 e. The van der Waals surface area contributed by atoms with Crippen molar-refractivity contribution in [3.8, 4) is 0 Å². The van der Waals surface area contributed by atoms with Crippen LogP contribution < -0.4 is 0 Å². The quantitative estimate of drug-likeness (QED) is 0.645. The van der Waals surface area contributed by atoms with Crippen LogP contribution in [0.15, 0.2) is 29.8 Å². The number of hydrogen-bond donors (Lipinski definition) is 0. The second-order valence-corrected chi connectivity index (χ2v) is 7.78. The zero-order valence-corrected chi connectivity index (χ0v) is 12.9. The molecule has 0 aromatic heterocycles. The Hall–Kier alpha value is -1.04. The number of benzene rings is 1. The van der Waals surface area contributed by atoms with Gasteiger partial charge in [-0.3, -0.25) is 0 Å². The molecular weight excluding hydrogens is 240 g/mol. The van der Waals surface area contributed by atoms with Crippen LogP contribution in [-0.2, 0) is 18.3 Å². The van der Waals surface area contributed by atoms with Crippen LogP contribution in [0.3, 0.4) is 0 Å². The van der Waals surface area contributed by atoms with Gasteiger partial charge in [-0.2, -0.15) is 0 Å². The summed E-state index contributed by atoms with van der Waals surface area (Å²) in [6.07, 6.45) is 12.0. The summed E-state index contributed by atoms with van der Waals surface area (Å²) in [7, 11) is 0. The third-order valence-electron chi connectivity index (χ3n) is 5.94. The predicted molar refractivity (Wildman–Crippen MR) is 85.0 cm³/mol. The van der Waals surface area contributed by atoms with Crippen molar-refractivity contribution in [2.24, 2.45) is 11.8 Å². The van der Waals surface area contributed by atoms with Gasteiger partial charge in [0.25, 0.3) is 0 Å². The van der Waals surface area contributed by atoms with Gasteiger partial charge < -0.3 is 0 Å². The first-order chi connectivity index (χ1) is 9.67. The van der Waals surface area contributed by atoms with E-state index in [0.29, 0.717) is 5.41 Å². The summed E-state index contributed by atoms with van der Waals surface area (Å²) in [4.78, 5) is 0. The summed E-state index contributed by atoms with van der Waals surface area (Å²) >= 11 is 0. The maximum absolute atomic E-state index is 2.54. The van der Waals surface area contributed by atoms with Gasteiger partial charge in [0.15, 0.2) is 0 Å². The molecule has 1 aromatic rings. The van der Waals surface area contributed by atoms with Crippen molar-refractivity contribution in [2.45, 2.75) is 64.2 Å². The Labute approximate surface area is 123 Å². The molecule has 0 heteroatoms. The molecule has 0 saturated heterocycles. The molecule has 2 unspecified atom stereocenters. The van der Waals surface area contributed by atoms with Gasteiger partial charge in [0, 0.05) is 5.41 Å². The van der Waals surface area contributed by atoms with Gasteiger partial charge in [0.2, 0.25) is 0 Å². The van der Waals surface area contributed by atoms with E-state index in [-0.39, 0.29) is 0 Å². The Morgan fingerprint density at radius 3 is 2.90 bits per heavy atom. The van der Waals surface area contributed by atoms with Crippen LogP contribution in [0.4, 0.5) is 0 Å². The second kappa shape index (κ2) is 4.48. The Bertz CT molecular complexity index is 563. The molecule has 3 aliphatic carbocycles. The van der Waals surface area contributed by atoms with Crippen LogP contribution in [0.2, 0.25) is 0 Å². The summed E-state index contributed by atoms with van der Waals surface area (Å²) in [6, 6.07) is 7.47. The summed E-state index contributed by atoms with van der Waals surface area (Å²) in [5.74, 6) is 1.69. The fourth-order valence-electron chi connectivity index (χ4n) is 5.18. The van der Waals surface area contributed by atoms with Crippen LogP contribution in [-0.4, -0.2) is 0 Å². The fraction of sp³-hybridized carbons (Fsp3) is 0.600. The van der Waals surface area contributed by atoms with Crippen molar-refractivity contribution in [3.05, 3.63) is 46.5 Å². The van der Waals surface area contributed by atoms with E-state index in [9.17, 15) is 0 Å². The lowest BCUT2D eigenvalue weighted by atomic mass is 9.62. The molecule has 1 fully saturated rings. The highest BCUT2D eigenvalue weighted by atomic mass is 14.5. The minimum absolute atomic E-state index is 0.536. The molecule has 1 spiro atoms. The van der Waals surface area contributed by atoms with Crippen molar-refractivity contribution >= 4 is 0 Å². The van der Waals surface area contributed by atoms with Crippen LogP contribution in [0.5, 0.6) is 0 Å². The molecule has 2 bridgehead atoms. The smallest absolute Gasteiger partial charge is 0.00272 e. The summed E-state index contributed by atoms with van der Waals surface area (Å²) in [6.45, 7) is 4.65. The number of hydrogen-bond acceptors (Lipinski definition) is 0. The van der Waals surface area contributed by atoms with E-state index in [1.165, 1.54) is 44.9 Å². The van der Waals surface area contributed by atoms with E-state index in [0.717, 1.165) is 11.8 Å². The third-order valence-corrected chi connectivity index (χ3v) is 5.94. The molecule has 0 N–H and O–H groups in total. The molecule has 1 saturated carbocycles. The number of aryl methyl sites for hydroxylation is 1. The molecule has 3 aliphatic rings. The molecule has 20 heavy (non-hydrogen) atoms. The predicted octanol–water partition coefficient (Wildman–Crippen LogP) is 5.20. The largest absolute Gasteiger partial charge is 0.0850 e. The van der Waals surface area contributed by atoms with E-state index in [2.05, 4.69) is 38.1 Å². The molecule has 106 valence electrons. The number of fused-ring (bicyclic) bond motifs is 5. The van der Waals surface area contributed by atoms with Crippen molar-refractivity contribution in [2.75, 3.05) is 0 Å². The van der Waals surface area contributed by atoms with Crippen molar-refractivity contribution in [1.29, 1.82) is 0 Å². The maximum atomic E-state index is 2.54. The summed E-state index contributed by atoms with van der Waals surface area (Å²) in [5, 5.41) is 0. The first-order valence-corrected chi connectivity index (χ1v) is 8.47. The lowest BCUT2D eigenvalue weighted by molar-refractivity contribution is 0.269. The normalized spacial score (nSPS) is 30.9. The highest BCUT2D eigenvalue weighted by Crippen LogP contribution is 2.58. The number of rotatable bonds is 2. The molecule has 1 aromatic carbocycles. The molecule has 0 nitrogen and oxygen atoms in total. The highest BCUT2D eigenvalue weighted by molar-refractivity contribution is 5.45. The Morgan fingerprint density at radius 1 is 1.30 bits per heavy atom. The maximum Gasteiger partial charge on any atom is 0.00272 e. The van der Waals surface area contributed by atoms with Crippen molar-refractivity contribution in [1.82, 2.24) is 0 Å². The monoisotopic (exact) mass is 266 g/mol. The van der Waals surface area contributed by atoms with E-state index < -0.39 is 0 Å². The van der Waals surface area contributed by atoms with E-state index >= 15 is 0 Å². The number of allylic oxidation sites excluding steroid dienone is 2. The zero-order chi connectivity index (χ0) is 13.7. The standard InChI is InChI=1S/C20H26/c1-14(2)10-15-6-8-19-17(11-15)4-3-9-20(19)13-16-5-7-18(20)12-16/h5-6,8,11,14,18H,3-4,7,9-10,12-13H2,1-2H3. The molecule has 2 atom stereocenters. The lowest BCUT2D eigenvalue weighted by Crippen LogP contribution is -2.35. The van der Waals surface area contributed by atoms with Gasteiger partial charge in [0.05, 0.1) is 0 Å². The third kappa shape index (κ3) is 1.80. The minimum atomic E-state index is 0.536. The van der Waals surface area contributed by atoms with Crippen molar-refractivity contribution < 1.29 is 0 Å². The first kappa shape index (κ1) is 12.7. The van der Waals surface area contributed by atoms with Gasteiger partial charge in [-0.1, -0.05) is 43.7 Å². The molecule has 0 heterocycles. The average Bonchev–Trinajstić information content (AvgIpc) is 2.99.